The number of aliphatic hydroxyl groups excluding tert-OH is 9. The number of rotatable bonds is 30. The molecule has 0 saturated heterocycles. The van der Waals surface area contributed by atoms with E-state index < -0.39 is 16.2 Å². The second kappa shape index (κ2) is 24.1. The van der Waals surface area contributed by atoms with Crippen LogP contribution in [0.1, 0.15) is 132 Å². The summed E-state index contributed by atoms with van der Waals surface area (Å²) in [5, 5.41) is 89.4. The van der Waals surface area contributed by atoms with Gasteiger partial charge in [0.25, 0.3) is 0 Å². The van der Waals surface area contributed by atoms with Crippen LogP contribution in [-0.4, -0.2) is 105 Å². The van der Waals surface area contributed by atoms with E-state index in [1.165, 1.54) is 0 Å². The van der Waals surface area contributed by atoms with Gasteiger partial charge in [0.15, 0.2) is 0 Å². The molecule has 0 spiro atoms. The second-order valence-corrected chi connectivity index (χ2v) is 13.1. The van der Waals surface area contributed by atoms with Gasteiger partial charge in [-0.05, 0) is 149 Å². The van der Waals surface area contributed by atoms with Crippen molar-refractivity contribution in [2.75, 3.05) is 59.5 Å². The number of hydrogen-bond acceptors (Lipinski definition) is 9. The Morgan fingerprint density at radius 3 is 0.511 bits per heavy atom. The summed E-state index contributed by atoms with van der Waals surface area (Å²) in [6, 6.07) is 6.70. The maximum Gasteiger partial charge on any atom is 0.0431 e. The van der Waals surface area contributed by atoms with Crippen LogP contribution in [-0.2, 0) is 16.2 Å². The Morgan fingerprint density at radius 1 is 0.267 bits per heavy atom. The van der Waals surface area contributed by atoms with Crippen LogP contribution < -0.4 is 0 Å². The van der Waals surface area contributed by atoms with Crippen LogP contribution in [0.5, 0.6) is 0 Å². The molecule has 264 valence electrons. The molecular formula is C36H66O9. The van der Waals surface area contributed by atoms with Crippen molar-refractivity contribution in [3.63, 3.8) is 0 Å². The maximum atomic E-state index is 9.94. The lowest BCUT2D eigenvalue weighted by atomic mass is 9.62. The molecule has 9 heteroatoms. The fourth-order valence-corrected chi connectivity index (χ4v) is 7.73. The first-order valence-electron chi connectivity index (χ1n) is 17.5. The molecule has 0 aliphatic heterocycles. The summed E-state index contributed by atoms with van der Waals surface area (Å²) >= 11 is 0. The molecular weight excluding hydrogens is 576 g/mol. The standard InChI is InChI=1S/C36H66O9/c37-19-1-10-34(11-2-20-38,12-3-21-39)31-28-32(35(13-4-22-40,14-5-23-41)15-6-24-42)30-33(29-31)36(16-7-25-43,17-8-26-44)18-9-27-45/h28-30,37-45H,1-27H2. The summed E-state index contributed by atoms with van der Waals surface area (Å²) in [5.74, 6) is 0. The fourth-order valence-electron chi connectivity index (χ4n) is 7.73. The Kier molecular flexibility index (Phi) is 22.4. The molecule has 0 radical (unpaired) electrons. The molecule has 0 heterocycles. The molecule has 0 amide bonds. The van der Waals surface area contributed by atoms with E-state index in [1.807, 2.05) is 0 Å². The zero-order chi connectivity index (χ0) is 33.4. The highest BCUT2D eigenvalue weighted by molar-refractivity contribution is 5.43. The Hall–Kier alpha value is -1.14. The van der Waals surface area contributed by atoms with Crippen molar-refractivity contribution >= 4 is 0 Å². The Labute approximate surface area is 272 Å². The highest BCUT2D eigenvalue weighted by Crippen LogP contribution is 2.48. The second-order valence-electron chi connectivity index (χ2n) is 13.1. The predicted molar refractivity (Wildman–Crippen MR) is 178 cm³/mol. The van der Waals surface area contributed by atoms with Crippen molar-refractivity contribution in [1.82, 2.24) is 0 Å². The third kappa shape index (κ3) is 13.1. The predicted octanol–water partition coefficient (Wildman–Crippen LogP) is 3.35. The molecule has 1 aromatic carbocycles. The Morgan fingerprint density at radius 2 is 0.400 bits per heavy atom. The van der Waals surface area contributed by atoms with Gasteiger partial charge in [-0.25, -0.2) is 0 Å². The maximum absolute atomic E-state index is 9.94. The van der Waals surface area contributed by atoms with E-state index in [1.54, 1.807) is 0 Å². The Balaban J connectivity index is 4.30. The number of aliphatic hydroxyl groups is 9. The van der Waals surface area contributed by atoms with Gasteiger partial charge in [-0.3, -0.25) is 0 Å². The molecule has 0 saturated carbocycles. The molecule has 45 heavy (non-hydrogen) atoms. The quantitative estimate of drug-likeness (QED) is 0.0608. The molecule has 0 fully saturated rings. The van der Waals surface area contributed by atoms with Crippen LogP contribution in [0.2, 0.25) is 0 Å². The van der Waals surface area contributed by atoms with Gasteiger partial charge in [0, 0.05) is 59.5 Å². The molecule has 9 N–H and O–H groups in total. The highest BCUT2D eigenvalue weighted by Gasteiger charge is 2.39. The largest absolute Gasteiger partial charge is 0.396 e. The minimum atomic E-state index is -0.438. The number of hydrogen-bond donors (Lipinski definition) is 9. The molecule has 0 aromatic heterocycles. The van der Waals surface area contributed by atoms with Gasteiger partial charge in [-0.15, -0.1) is 0 Å². The summed E-state index contributed by atoms with van der Waals surface area (Å²) in [6.45, 7) is 0.191. The molecule has 1 aromatic rings. The summed E-state index contributed by atoms with van der Waals surface area (Å²) < 4.78 is 0. The van der Waals surface area contributed by atoms with Crippen molar-refractivity contribution < 1.29 is 46.0 Å². The third-order valence-electron chi connectivity index (χ3n) is 10.1. The molecule has 0 atom stereocenters. The van der Waals surface area contributed by atoms with Crippen LogP contribution in [0.4, 0.5) is 0 Å². The first-order chi connectivity index (χ1) is 21.9. The van der Waals surface area contributed by atoms with Gasteiger partial charge in [-0.1, -0.05) is 18.2 Å². The molecule has 0 aliphatic carbocycles. The van der Waals surface area contributed by atoms with Crippen molar-refractivity contribution in [3.05, 3.63) is 34.9 Å². The van der Waals surface area contributed by atoms with Gasteiger partial charge in [-0.2, -0.15) is 0 Å². The highest BCUT2D eigenvalue weighted by atomic mass is 16.3. The van der Waals surface area contributed by atoms with Crippen LogP contribution in [0.15, 0.2) is 18.2 Å². The summed E-state index contributed by atoms with van der Waals surface area (Å²) in [7, 11) is 0. The normalized spacial score (nSPS) is 12.7. The van der Waals surface area contributed by atoms with Gasteiger partial charge >= 0.3 is 0 Å². The van der Waals surface area contributed by atoms with E-state index in [2.05, 4.69) is 18.2 Å². The molecule has 0 bridgehead atoms. The van der Waals surface area contributed by atoms with Crippen LogP contribution in [0, 0.1) is 0 Å². The number of benzene rings is 1. The molecule has 0 unspecified atom stereocenters. The van der Waals surface area contributed by atoms with E-state index in [0.717, 1.165) is 16.7 Å². The summed E-state index contributed by atoms with van der Waals surface area (Å²) in [6.07, 6.45) is 11.1. The van der Waals surface area contributed by atoms with Crippen molar-refractivity contribution in [3.8, 4) is 0 Å². The average Bonchev–Trinajstić information content (AvgIpc) is 3.07. The van der Waals surface area contributed by atoms with E-state index in [9.17, 15) is 46.0 Å². The lowest BCUT2D eigenvalue weighted by Gasteiger charge is -2.42. The lowest BCUT2D eigenvalue weighted by molar-refractivity contribution is 0.198. The van der Waals surface area contributed by atoms with Gasteiger partial charge in [0.05, 0.1) is 0 Å². The van der Waals surface area contributed by atoms with E-state index >= 15 is 0 Å². The minimum Gasteiger partial charge on any atom is -0.396 e. The van der Waals surface area contributed by atoms with Crippen molar-refractivity contribution in [2.24, 2.45) is 0 Å². The molecule has 1 rings (SSSR count). The van der Waals surface area contributed by atoms with E-state index in [0.29, 0.717) is 116 Å². The SMILES string of the molecule is OCCCC(CCCO)(CCCO)c1cc(C(CCCO)(CCCO)CCCO)cc(C(CCCO)(CCCO)CCCO)c1. The topological polar surface area (TPSA) is 182 Å². The first-order valence-corrected chi connectivity index (χ1v) is 17.5. The summed E-state index contributed by atoms with van der Waals surface area (Å²) in [4.78, 5) is 0. The lowest BCUT2D eigenvalue weighted by Crippen LogP contribution is -2.34. The summed E-state index contributed by atoms with van der Waals surface area (Å²) in [5.41, 5.74) is 1.87. The van der Waals surface area contributed by atoms with E-state index in [-0.39, 0.29) is 59.5 Å². The minimum absolute atomic E-state index is 0.0213. The van der Waals surface area contributed by atoms with Crippen molar-refractivity contribution in [1.29, 1.82) is 0 Å². The molecule has 0 aliphatic rings. The van der Waals surface area contributed by atoms with Gasteiger partial charge in [0.1, 0.15) is 0 Å². The average molecular weight is 643 g/mol. The van der Waals surface area contributed by atoms with Crippen LogP contribution >= 0.6 is 0 Å². The van der Waals surface area contributed by atoms with Gasteiger partial charge < -0.3 is 46.0 Å². The first kappa shape index (κ1) is 41.9. The van der Waals surface area contributed by atoms with Crippen LogP contribution in [0.3, 0.4) is 0 Å². The van der Waals surface area contributed by atoms with Crippen LogP contribution in [0.25, 0.3) is 0 Å². The zero-order valence-electron chi connectivity index (χ0n) is 27.8. The monoisotopic (exact) mass is 642 g/mol. The Bertz CT molecular complexity index is 676. The van der Waals surface area contributed by atoms with Gasteiger partial charge in [0.2, 0.25) is 0 Å². The smallest absolute Gasteiger partial charge is 0.0431 e. The van der Waals surface area contributed by atoms with Crippen molar-refractivity contribution in [2.45, 2.75) is 132 Å². The van der Waals surface area contributed by atoms with E-state index in [4.69, 9.17) is 0 Å². The third-order valence-corrected chi connectivity index (χ3v) is 10.1. The molecule has 9 nitrogen and oxygen atoms in total. The fraction of sp³-hybridized carbons (Fsp3) is 0.833. The zero-order valence-corrected chi connectivity index (χ0v) is 27.8.